The van der Waals surface area contributed by atoms with Gasteiger partial charge in [-0.1, -0.05) is 6.92 Å². The van der Waals surface area contributed by atoms with Gasteiger partial charge in [-0.05, 0) is 18.1 Å². The number of aryl methyl sites for hydroxylation is 1. The Kier molecular flexibility index (Phi) is 4.96. The number of imidazole rings is 1. The first-order valence-corrected chi connectivity index (χ1v) is 9.68. The summed E-state index contributed by atoms with van der Waals surface area (Å²) in [6, 6.07) is 5.41. The van der Waals surface area contributed by atoms with E-state index in [9.17, 15) is 14.4 Å². The average molecular weight is 429 g/mol. The molecule has 0 spiro atoms. The fourth-order valence-electron chi connectivity index (χ4n) is 3.99. The number of rotatable bonds is 5. The summed E-state index contributed by atoms with van der Waals surface area (Å²) >= 11 is 0. The van der Waals surface area contributed by atoms with Gasteiger partial charge in [0.2, 0.25) is 5.95 Å². The molecule has 1 atom stereocenters. The fourth-order valence-corrected chi connectivity index (χ4v) is 3.99. The van der Waals surface area contributed by atoms with Crippen LogP contribution in [0.25, 0.3) is 11.2 Å². The lowest BCUT2D eigenvalue weighted by atomic mass is 10.1. The van der Waals surface area contributed by atoms with E-state index in [2.05, 4.69) is 4.98 Å². The number of methoxy groups -OCH3 is 2. The normalized spacial score (nSPS) is 15.7. The van der Waals surface area contributed by atoms with E-state index in [1.807, 2.05) is 17.9 Å². The number of nitrogens with zero attached hydrogens (tertiary/aromatic N) is 5. The molecule has 0 fully saturated rings. The first kappa shape index (κ1) is 20.5. The number of benzene rings is 1. The van der Waals surface area contributed by atoms with E-state index < -0.39 is 23.8 Å². The third-order valence-electron chi connectivity index (χ3n) is 5.41. The number of hydrogen-bond donors (Lipinski definition) is 1. The summed E-state index contributed by atoms with van der Waals surface area (Å²) in [6.45, 7) is 2.44. The van der Waals surface area contributed by atoms with Gasteiger partial charge in [-0.2, -0.15) is 4.98 Å². The largest absolute Gasteiger partial charge is 0.497 e. The Hall–Kier alpha value is -3.76. The summed E-state index contributed by atoms with van der Waals surface area (Å²) in [4.78, 5) is 43.4. The van der Waals surface area contributed by atoms with E-state index in [-0.39, 0.29) is 17.1 Å². The molecule has 3 aromatic rings. The Labute approximate surface area is 176 Å². The van der Waals surface area contributed by atoms with Crippen LogP contribution in [0.4, 0.5) is 11.6 Å². The van der Waals surface area contributed by atoms with Crippen molar-refractivity contribution in [2.24, 2.45) is 13.0 Å². The lowest BCUT2D eigenvalue weighted by Crippen LogP contribution is -2.42. The van der Waals surface area contributed by atoms with Gasteiger partial charge >= 0.3 is 11.7 Å². The number of anilines is 2. The molecular weight excluding hydrogens is 406 g/mol. The van der Waals surface area contributed by atoms with Crippen molar-refractivity contribution >= 4 is 28.8 Å². The third-order valence-corrected chi connectivity index (χ3v) is 5.41. The maximum Gasteiger partial charge on any atom is 0.333 e. The van der Waals surface area contributed by atoms with E-state index >= 15 is 0 Å². The predicted molar refractivity (Wildman–Crippen MR) is 113 cm³/mol. The molecule has 0 saturated carbocycles. The van der Waals surface area contributed by atoms with Gasteiger partial charge in [0.15, 0.2) is 11.2 Å². The topological polar surface area (TPSA) is 121 Å². The number of fused-ring (bicyclic) bond motifs is 3. The minimum Gasteiger partial charge on any atom is -0.497 e. The van der Waals surface area contributed by atoms with Crippen LogP contribution in [0.1, 0.15) is 6.92 Å². The van der Waals surface area contributed by atoms with E-state index in [1.54, 1.807) is 30.9 Å². The minimum absolute atomic E-state index is 0.140. The molecule has 11 heteroatoms. The second kappa shape index (κ2) is 7.49. The zero-order chi connectivity index (χ0) is 22.4. The van der Waals surface area contributed by atoms with Crippen molar-refractivity contribution in [1.29, 1.82) is 0 Å². The monoisotopic (exact) mass is 429 g/mol. The Morgan fingerprint density at radius 1 is 1.23 bits per heavy atom. The summed E-state index contributed by atoms with van der Waals surface area (Å²) in [7, 11) is 4.60. The predicted octanol–water partition coefficient (Wildman–Crippen LogP) is 0.786. The molecule has 0 radical (unpaired) electrons. The van der Waals surface area contributed by atoms with Crippen LogP contribution in [-0.2, 0) is 24.9 Å². The SMILES string of the molecule is COc1ccc(N2C[C@@H](C)Cn3c2nc2c3c(=O)n(CC(=O)O)c(=O)n2C)c(OC)c1. The lowest BCUT2D eigenvalue weighted by molar-refractivity contribution is -0.137. The fraction of sp³-hybridized carbons (Fsp3) is 0.400. The molecule has 1 aliphatic heterocycles. The van der Waals surface area contributed by atoms with Gasteiger partial charge in [-0.25, -0.2) is 9.36 Å². The minimum atomic E-state index is -1.27. The zero-order valence-corrected chi connectivity index (χ0v) is 17.7. The molecule has 0 amide bonds. The molecule has 1 aromatic carbocycles. The first-order chi connectivity index (χ1) is 14.8. The highest BCUT2D eigenvalue weighted by Crippen LogP contribution is 2.39. The number of hydrogen-bond acceptors (Lipinski definition) is 7. The van der Waals surface area contributed by atoms with Crippen molar-refractivity contribution in [3.63, 3.8) is 0 Å². The smallest absolute Gasteiger partial charge is 0.333 e. The Morgan fingerprint density at radius 3 is 2.61 bits per heavy atom. The molecule has 0 aliphatic carbocycles. The lowest BCUT2D eigenvalue weighted by Gasteiger charge is -2.33. The Bertz CT molecular complexity index is 1300. The van der Waals surface area contributed by atoms with Crippen molar-refractivity contribution in [3.05, 3.63) is 39.0 Å². The maximum atomic E-state index is 13.1. The van der Waals surface area contributed by atoms with Crippen LogP contribution in [0.5, 0.6) is 11.5 Å². The van der Waals surface area contributed by atoms with Crippen LogP contribution in [0, 0.1) is 5.92 Å². The third kappa shape index (κ3) is 3.22. The standard InChI is InChI=1S/C20H23N5O6/c1-11-8-23(13-6-5-12(30-3)7-14(13)31-4)19-21-17-16(24(19)9-11)18(28)25(10-15(26)27)20(29)22(17)2/h5-7,11H,8-10H2,1-4H3,(H,26,27)/t11-/m1/s1. The number of carboxylic acid groups (broad SMARTS) is 1. The van der Waals surface area contributed by atoms with Crippen LogP contribution in [-0.4, -0.2) is 50.5 Å². The summed E-state index contributed by atoms with van der Waals surface area (Å²) in [5, 5.41) is 9.14. The van der Waals surface area contributed by atoms with Gasteiger partial charge in [-0.15, -0.1) is 0 Å². The Balaban J connectivity index is 1.99. The summed E-state index contributed by atoms with van der Waals surface area (Å²) in [6.07, 6.45) is 0. The number of aliphatic carboxylic acids is 1. The molecule has 0 saturated heterocycles. The van der Waals surface area contributed by atoms with Crippen LogP contribution in [0.15, 0.2) is 27.8 Å². The molecule has 11 nitrogen and oxygen atoms in total. The van der Waals surface area contributed by atoms with Gasteiger partial charge in [0.1, 0.15) is 18.0 Å². The molecule has 0 bridgehead atoms. The van der Waals surface area contributed by atoms with Crippen molar-refractivity contribution in [1.82, 2.24) is 18.7 Å². The van der Waals surface area contributed by atoms with Crippen LogP contribution in [0.3, 0.4) is 0 Å². The van der Waals surface area contributed by atoms with Crippen molar-refractivity contribution < 1.29 is 19.4 Å². The molecule has 164 valence electrons. The highest BCUT2D eigenvalue weighted by molar-refractivity contribution is 5.79. The highest BCUT2D eigenvalue weighted by Gasteiger charge is 2.31. The average Bonchev–Trinajstić information content (AvgIpc) is 3.13. The number of carboxylic acids is 1. The summed E-state index contributed by atoms with van der Waals surface area (Å²) in [5.41, 5.74) is -0.255. The van der Waals surface area contributed by atoms with Gasteiger partial charge < -0.3 is 24.0 Å². The molecule has 4 rings (SSSR count). The number of ether oxygens (including phenoxy) is 2. The second-order valence-electron chi connectivity index (χ2n) is 7.57. The maximum absolute atomic E-state index is 13.1. The molecular formula is C20H23N5O6. The molecule has 3 heterocycles. The van der Waals surface area contributed by atoms with Gasteiger partial charge in [0.05, 0.1) is 19.9 Å². The molecule has 1 N–H and O–H groups in total. The molecule has 31 heavy (non-hydrogen) atoms. The number of carbonyl (C=O) groups is 1. The van der Waals surface area contributed by atoms with E-state index in [1.165, 1.54) is 11.6 Å². The zero-order valence-electron chi connectivity index (χ0n) is 17.7. The van der Waals surface area contributed by atoms with Crippen molar-refractivity contribution in [2.75, 3.05) is 25.7 Å². The molecule has 2 aromatic heterocycles. The number of aromatic nitrogens is 4. The summed E-state index contributed by atoms with van der Waals surface area (Å²) < 4.78 is 14.5. The second-order valence-corrected chi connectivity index (χ2v) is 7.57. The first-order valence-electron chi connectivity index (χ1n) is 9.68. The van der Waals surface area contributed by atoms with E-state index in [4.69, 9.17) is 14.6 Å². The van der Waals surface area contributed by atoms with Gasteiger partial charge in [0, 0.05) is 26.2 Å². The van der Waals surface area contributed by atoms with Crippen LogP contribution >= 0.6 is 0 Å². The quantitative estimate of drug-likeness (QED) is 0.632. The van der Waals surface area contributed by atoms with Crippen LogP contribution < -0.4 is 25.6 Å². The summed E-state index contributed by atoms with van der Waals surface area (Å²) in [5.74, 6) is 0.565. The van der Waals surface area contributed by atoms with Crippen molar-refractivity contribution in [3.8, 4) is 11.5 Å². The van der Waals surface area contributed by atoms with E-state index in [0.29, 0.717) is 30.5 Å². The molecule has 0 unspecified atom stereocenters. The molecule has 1 aliphatic rings. The van der Waals surface area contributed by atoms with E-state index in [0.717, 1.165) is 10.3 Å². The van der Waals surface area contributed by atoms with Crippen molar-refractivity contribution in [2.45, 2.75) is 20.0 Å². The van der Waals surface area contributed by atoms with Gasteiger partial charge in [0.25, 0.3) is 5.56 Å². The highest BCUT2D eigenvalue weighted by atomic mass is 16.5. The van der Waals surface area contributed by atoms with Gasteiger partial charge in [-0.3, -0.25) is 14.2 Å². The van der Waals surface area contributed by atoms with Crippen LogP contribution in [0.2, 0.25) is 0 Å². The Morgan fingerprint density at radius 2 is 1.97 bits per heavy atom.